The number of carbonyl (C=O) groups is 1. The van der Waals surface area contributed by atoms with E-state index in [1.54, 1.807) is 4.90 Å². The first-order valence-corrected chi connectivity index (χ1v) is 7.01. The van der Waals surface area contributed by atoms with Crippen molar-refractivity contribution in [2.45, 2.75) is 51.0 Å². The highest BCUT2D eigenvalue weighted by atomic mass is 16.5. The number of hydrogen-bond donors (Lipinski definition) is 1. The van der Waals surface area contributed by atoms with Crippen LogP contribution >= 0.6 is 0 Å². The van der Waals surface area contributed by atoms with Gasteiger partial charge < -0.3 is 14.7 Å². The zero-order chi connectivity index (χ0) is 13.2. The summed E-state index contributed by atoms with van der Waals surface area (Å²) in [5, 5.41) is 10.4. The number of likely N-dealkylation sites (N-methyl/N-ethyl adjacent to an activating group) is 1. The molecule has 1 N–H and O–H groups in total. The van der Waals surface area contributed by atoms with E-state index < -0.39 is 5.60 Å². The smallest absolute Gasteiger partial charge is 0.228 e. The van der Waals surface area contributed by atoms with E-state index in [-0.39, 0.29) is 11.3 Å². The minimum absolute atomic E-state index is 0.194. The quantitative estimate of drug-likeness (QED) is 0.832. The van der Waals surface area contributed by atoms with Crippen LogP contribution < -0.4 is 0 Å². The lowest BCUT2D eigenvalue weighted by Gasteiger charge is -2.38. The summed E-state index contributed by atoms with van der Waals surface area (Å²) in [5.74, 6) is 0.194. The maximum absolute atomic E-state index is 12.5. The topological polar surface area (TPSA) is 49.8 Å². The minimum Gasteiger partial charge on any atom is -0.388 e. The molecule has 18 heavy (non-hydrogen) atoms. The monoisotopic (exact) mass is 255 g/mol. The second-order valence-electron chi connectivity index (χ2n) is 6.27. The molecule has 1 saturated heterocycles. The third-order valence-electron chi connectivity index (χ3n) is 4.53. The van der Waals surface area contributed by atoms with Crippen LogP contribution in [0.2, 0.25) is 0 Å². The van der Waals surface area contributed by atoms with E-state index in [9.17, 15) is 9.90 Å². The zero-order valence-corrected chi connectivity index (χ0v) is 11.6. The van der Waals surface area contributed by atoms with Gasteiger partial charge in [-0.3, -0.25) is 4.79 Å². The number of carbonyl (C=O) groups excluding carboxylic acids is 1. The van der Waals surface area contributed by atoms with Gasteiger partial charge in [0.1, 0.15) is 0 Å². The van der Waals surface area contributed by atoms with Crippen molar-refractivity contribution in [3.63, 3.8) is 0 Å². The maximum atomic E-state index is 12.5. The average molecular weight is 255 g/mol. The van der Waals surface area contributed by atoms with E-state index in [2.05, 4.69) is 6.92 Å². The van der Waals surface area contributed by atoms with Gasteiger partial charge in [-0.2, -0.15) is 0 Å². The molecule has 1 heterocycles. The fourth-order valence-electron chi connectivity index (χ4n) is 3.25. The van der Waals surface area contributed by atoms with Crippen LogP contribution in [0.5, 0.6) is 0 Å². The summed E-state index contributed by atoms with van der Waals surface area (Å²) < 4.78 is 5.26. The normalized spacial score (nSPS) is 25.9. The summed E-state index contributed by atoms with van der Waals surface area (Å²) in [6, 6.07) is 0. The van der Waals surface area contributed by atoms with Crippen LogP contribution in [0.25, 0.3) is 0 Å². The fourth-order valence-corrected chi connectivity index (χ4v) is 3.25. The molecule has 0 radical (unpaired) electrons. The molecule has 0 aromatic heterocycles. The highest BCUT2D eigenvalue weighted by molar-refractivity contribution is 5.82. The van der Waals surface area contributed by atoms with Crippen molar-refractivity contribution < 1.29 is 14.6 Å². The van der Waals surface area contributed by atoms with Crippen molar-refractivity contribution >= 4 is 5.91 Å². The molecule has 0 atom stereocenters. The van der Waals surface area contributed by atoms with E-state index in [0.29, 0.717) is 32.6 Å². The number of nitrogens with zero attached hydrogens (tertiary/aromatic N) is 1. The van der Waals surface area contributed by atoms with Gasteiger partial charge in [0.2, 0.25) is 5.91 Å². The molecule has 0 unspecified atom stereocenters. The van der Waals surface area contributed by atoms with Crippen molar-refractivity contribution in [2.24, 2.45) is 5.41 Å². The Morgan fingerprint density at radius 3 is 2.33 bits per heavy atom. The standard InChI is InChI=1S/C14H25NO3/c1-13(5-3-4-6-13)12(16)15(2)11-14(17)7-9-18-10-8-14/h17H,3-11H2,1-2H3. The first kappa shape index (κ1) is 13.8. The van der Waals surface area contributed by atoms with E-state index >= 15 is 0 Å². The van der Waals surface area contributed by atoms with Crippen LogP contribution in [0.3, 0.4) is 0 Å². The molecule has 0 spiro atoms. The SMILES string of the molecule is CN(CC1(O)CCOCC1)C(=O)C1(C)CCCC1. The van der Waals surface area contributed by atoms with E-state index in [0.717, 1.165) is 25.7 Å². The highest BCUT2D eigenvalue weighted by Gasteiger charge is 2.40. The van der Waals surface area contributed by atoms with Gasteiger partial charge >= 0.3 is 0 Å². The van der Waals surface area contributed by atoms with Gasteiger partial charge in [-0.05, 0) is 12.8 Å². The zero-order valence-electron chi connectivity index (χ0n) is 11.6. The van der Waals surface area contributed by atoms with Crippen LogP contribution in [-0.4, -0.2) is 48.3 Å². The van der Waals surface area contributed by atoms with Crippen molar-refractivity contribution in [1.82, 2.24) is 4.90 Å². The van der Waals surface area contributed by atoms with E-state index in [1.165, 1.54) is 0 Å². The predicted octanol–water partition coefficient (Wildman–Crippen LogP) is 1.57. The molecule has 2 aliphatic rings. The molecular formula is C14H25NO3. The van der Waals surface area contributed by atoms with Gasteiger partial charge in [0.15, 0.2) is 0 Å². The van der Waals surface area contributed by atoms with Crippen LogP contribution in [0.4, 0.5) is 0 Å². The Morgan fingerprint density at radius 2 is 1.78 bits per heavy atom. The van der Waals surface area contributed by atoms with Crippen molar-refractivity contribution in [2.75, 3.05) is 26.8 Å². The summed E-state index contributed by atoms with van der Waals surface area (Å²) >= 11 is 0. The molecule has 4 nitrogen and oxygen atoms in total. The molecule has 4 heteroatoms. The number of aliphatic hydroxyl groups is 1. The van der Waals surface area contributed by atoms with Crippen LogP contribution in [0.1, 0.15) is 45.4 Å². The van der Waals surface area contributed by atoms with E-state index in [1.807, 2.05) is 7.05 Å². The Hall–Kier alpha value is -0.610. The number of amides is 1. The second kappa shape index (κ2) is 5.17. The molecular weight excluding hydrogens is 230 g/mol. The molecule has 1 aliphatic carbocycles. The van der Waals surface area contributed by atoms with Gasteiger partial charge in [-0.1, -0.05) is 19.8 Å². The van der Waals surface area contributed by atoms with Gasteiger partial charge in [-0.15, -0.1) is 0 Å². The second-order valence-corrected chi connectivity index (χ2v) is 6.27. The van der Waals surface area contributed by atoms with Crippen LogP contribution in [0.15, 0.2) is 0 Å². The molecule has 0 aromatic rings. The van der Waals surface area contributed by atoms with Crippen molar-refractivity contribution in [3.05, 3.63) is 0 Å². The first-order chi connectivity index (χ1) is 8.45. The molecule has 1 aliphatic heterocycles. The van der Waals surface area contributed by atoms with Gasteiger partial charge in [0, 0.05) is 45.1 Å². The molecule has 2 rings (SSSR count). The van der Waals surface area contributed by atoms with Gasteiger partial charge in [0.25, 0.3) is 0 Å². The molecule has 1 amide bonds. The highest BCUT2D eigenvalue weighted by Crippen LogP contribution is 2.39. The number of ether oxygens (including phenoxy) is 1. The summed E-state index contributed by atoms with van der Waals surface area (Å²) in [6.45, 7) is 3.68. The van der Waals surface area contributed by atoms with Gasteiger partial charge in [-0.25, -0.2) is 0 Å². The Balaban J connectivity index is 1.94. The molecule has 104 valence electrons. The molecule has 2 fully saturated rings. The van der Waals surface area contributed by atoms with E-state index in [4.69, 9.17) is 4.74 Å². The Kier molecular flexibility index (Phi) is 3.97. The lowest BCUT2D eigenvalue weighted by atomic mass is 9.86. The molecule has 0 aromatic carbocycles. The number of hydrogen-bond acceptors (Lipinski definition) is 3. The van der Waals surface area contributed by atoms with Crippen LogP contribution in [-0.2, 0) is 9.53 Å². The van der Waals surface area contributed by atoms with Crippen LogP contribution in [0, 0.1) is 5.41 Å². The fraction of sp³-hybridized carbons (Fsp3) is 0.929. The molecule has 1 saturated carbocycles. The largest absolute Gasteiger partial charge is 0.388 e. The van der Waals surface area contributed by atoms with Crippen molar-refractivity contribution in [3.8, 4) is 0 Å². The van der Waals surface area contributed by atoms with Gasteiger partial charge in [0.05, 0.1) is 5.60 Å². The lowest BCUT2D eigenvalue weighted by Crippen LogP contribution is -2.50. The third kappa shape index (κ3) is 2.86. The Labute approximate surface area is 109 Å². The predicted molar refractivity (Wildman–Crippen MR) is 69.2 cm³/mol. The summed E-state index contributed by atoms with van der Waals surface area (Å²) in [7, 11) is 1.82. The average Bonchev–Trinajstić information content (AvgIpc) is 2.77. The summed E-state index contributed by atoms with van der Waals surface area (Å²) in [4.78, 5) is 14.2. The third-order valence-corrected chi connectivity index (χ3v) is 4.53. The molecule has 0 bridgehead atoms. The Morgan fingerprint density at radius 1 is 1.22 bits per heavy atom. The summed E-state index contributed by atoms with van der Waals surface area (Å²) in [5.41, 5.74) is -0.950. The minimum atomic E-state index is -0.752. The first-order valence-electron chi connectivity index (χ1n) is 7.01. The number of rotatable bonds is 3. The summed E-state index contributed by atoms with van der Waals surface area (Å²) in [6.07, 6.45) is 5.51. The maximum Gasteiger partial charge on any atom is 0.228 e. The Bertz CT molecular complexity index is 304. The van der Waals surface area contributed by atoms with Crippen molar-refractivity contribution in [1.29, 1.82) is 0 Å². The lowest BCUT2D eigenvalue weighted by molar-refractivity contribution is -0.146.